The molecular formula is C31H38N6O. The molecule has 2 aromatic heterocycles. The van der Waals surface area contributed by atoms with E-state index in [2.05, 4.69) is 61.7 Å². The largest absolute Gasteiger partial charge is 0.328 e. The number of imidazole rings is 1. The number of rotatable bonds is 8. The van der Waals surface area contributed by atoms with Crippen LogP contribution in [0.15, 0.2) is 59.5 Å². The first-order valence-electron chi connectivity index (χ1n) is 14.5. The van der Waals surface area contributed by atoms with Crippen LogP contribution in [0.2, 0.25) is 0 Å². The molecule has 0 bridgehead atoms. The molecule has 7 heteroatoms. The quantitative estimate of drug-likeness (QED) is 0.291. The SMILES string of the molecule is O=c1n(CCC2CCCCC2)cc(C2CCCCC2)n1Cc1ccc(-c2ccccc2-c2nn[nH]n2)cc1. The lowest BCUT2D eigenvalue weighted by Crippen LogP contribution is -2.27. The van der Waals surface area contributed by atoms with Gasteiger partial charge in [0.1, 0.15) is 0 Å². The van der Waals surface area contributed by atoms with E-state index in [0.29, 0.717) is 18.3 Å². The number of aromatic amines is 1. The van der Waals surface area contributed by atoms with E-state index in [-0.39, 0.29) is 5.69 Å². The summed E-state index contributed by atoms with van der Waals surface area (Å²) in [6, 6.07) is 16.7. The van der Waals surface area contributed by atoms with Gasteiger partial charge in [-0.15, -0.1) is 10.2 Å². The van der Waals surface area contributed by atoms with Crippen molar-refractivity contribution in [3.8, 4) is 22.5 Å². The highest BCUT2D eigenvalue weighted by atomic mass is 16.1. The molecule has 4 aromatic rings. The summed E-state index contributed by atoms with van der Waals surface area (Å²) < 4.78 is 4.09. The van der Waals surface area contributed by atoms with Gasteiger partial charge in [-0.1, -0.05) is 99.9 Å². The van der Waals surface area contributed by atoms with Crippen LogP contribution in [0.25, 0.3) is 22.5 Å². The monoisotopic (exact) mass is 510 g/mol. The maximum absolute atomic E-state index is 13.7. The number of hydrogen-bond donors (Lipinski definition) is 1. The Hall–Kier alpha value is -3.48. The Balaban J connectivity index is 1.25. The number of nitrogens with one attached hydrogen (secondary N) is 1. The van der Waals surface area contributed by atoms with Crippen LogP contribution in [0.4, 0.5) is 0 Å². The summed E-state index contributed by atoms with van der Waals surface area (Å²) in [5, 5.41) is 14.6. The van der Waals surface area contributed by atoms with Crippen molar-refractivity contribution in [3.63, 3.8) is 0 Å². The summed E-state index contributed by atoms with van der Waals surface area (Å²) in [7, 11) is 0. The number of benzene rings is 2. The minimum absolute atomic E-state index is 0.160. The molecule has 38 heavy (non-hydrogen) atoms. The third-order valence-corrected chi connectivity index (χ3v) is 8.72. The Morgan fingerprint density at radius 2 is 1.55 bits per heavy atom. The van der Waals surface area contributed by atoms with Crippen LogP contribution in [0.1, 0.15) is 87.8 Å². The van der Waals surface area contributed by atoms with Gasteiger partial charge in [0.2, 0.25) is 5.82 Å². The second-order valence-corrected chi connectivity index (χ2v) is 11.2. The van der Waals surface area contributed by atoms with Crippen molar-refractivity contribution in [1.82, 2.24) is 29.8 Å². The Kier molecular flexibility index (Phi) is 7.52. The number of aryl methyl sites for hydroxylation is 1. The zero-order chi connectivity index (χ0) is 25.7. The molecule has 0 unspecified atom stereocenters. The van der Waals surface area contributed by atoms with E-state index in [9.17, 15) is 4.79 Å². The van der Waals surface area contributed by atoms with Gasteiger partial charge in [-0.3, -0.25) is 9.13 Å². The molecule has 7 nitrogen and oxygen atoms in total. The summed E-state index contributed by atoms with van der Waals surface area (Å²) in [6.07, 6.45) is 16.3. The Labute approximate surface area is 224 Å². The summed E-state index contributed by atoms with van der Waals surface area (Å²) in [5.74, 6) is 1.86. The van der Waals surface area contributed by atoms with Crippen molar-refractivity contribution >= 4 is 0 Å². The van der Waals surface area contributed by atoms with E-state index in [1.165, 1.54) is 69.9 Å². The molecule has 0 atom stereocenters. The minimum atomic E-state index is 0.160. The van der Waals surface area contributed by atoms with E-state index in [1.54, 1.807) is 0 Å². The summed E-state index contributed by atoms with van der Waals surface area (Å²) in [6.45, 7) is 1.47. The second kappa shape index (κ2) is 11.5. The Bertz CT molecular complexity index is 1370. The Morgan fingerprint density at radius 3 is 2.26 bits per heavy atom. The van der Waals surface area contributed by atoms with E-state index in [1.807, 2.05) is 22.8 Å². The van der Waals surface area contributed by atoms with Gasteiger partial charge in [0.05, 0.1) is 6.54 Å². The van der Waals surface area contributed by atoms with Crippen molar-refractivity contribution in [3.05, 3.63) is 76.5 Å². The number of aromatic nitrogens is 6. The Morgan fingerprint density at radius 1 is 0.842 bits per heavy atom. The van der Waals surface area contributed by atoms with Crippen LogP contribution >= 0.6 is 0 Å². The van der Waals surface area contributed by atoms with Crippen LogP contribution in [-0.2, 0) is 13.1 Å². The highest BCUT2D eigenvalue weighted by Gasteiger charge is 2.23. The molecule has 2 heterocycles. The van der Waals surface area contributed by atoms with Gasteiger partial charge < -0.3 is 0 Å². The fraction of sp³-hybridized carbons (Fsp3) is 0.484. The lowest BCUT2D eigenvalue weighted by Gasteiger charge is -2.22. The van der Waals surface area contributed by atoms with Crippen LogP contribution < -0.4 is 5.69 Å². The van der Waals surface area contributed by atoms with Crippen LogP contribution in [-0.4, -0.2) is 29.8 Å². The number of tetrazole rings is 1. The minimum Gasteiger partial charge on any atom is -0.299 e. The highest BCUT2D eigenvalue weighted by Crippen LogP contribution is 2.34. The molecule has 0 radical (unpaired) electrons. The number of H-pyrrole nitrogens is 1. The van der Waals surface area contributed by atoms with E-state index in [0.717, 1.165) is 41.1 Å². The molecule has 2 saturated carbocycles. The van der Waals surface area contributed by atoms with Gasteiger partial charge in [0.25, 0.3) is 0 Å². The average molecular weight is 511 g/mol. The van der Waals surface area contributed by atoms with Gasteiger partial charge in [0.15, 0.2) is 0 Å². The molecule has 198 valence electrons. The standard InChI is InChI=1S/C31H38N6O/c38-31-36(20-19-23-9-3-1-4-10-23)22-29(26-11-5-2-6-12-26)37(31)21-24-15-17-25(18-16-24)27-13-7-8-14-28(27)30-32-34-35-33-30/h7-8,13-18,22-23,26H,1-6,9-12,19-21H2,(H,32,33,34,35). The van der Waals surface area contributed by atoms with Crippen molar-refractivity contribution in [2.75, 3.05) is 0 Å². The zero-order valence-electron chi connectivity index (χ0n) is 22.2. The van der Waals surface area contributed by atoms with Gasteiger partial charge in [-0.2, -0.15) is 5.21 Å². The lowest BCUT2D eigenvalue weighted by molar-refractivity contribution is 0.322. The van der Waals surface area contributed by atoms with Crippen LogP contribution in [0.3, 0.4) is 0 Å². The fourth-order valence-electron chi connectivity index (χ4n) is 6.57. The lowest BCUT2D eigenvalue weighted by atomic mass is 9.87. The predicted molar refractivity (Wildman–Crippen MR) is 150 cm³/mol. The fourth-order valence-corrected chi connectivity index (χ4v) is 6.57. The molecule has 6 rings (SSSR count). The van der Waals surface area contributed by atoms with Crippen molar-refractivity contribution in [2.24, 2.45) is 5.92 Å². The van der Waals surface area contributed by atoms with E-state index >= 15 is 0 Å². The molecule has 2 aliphatic carbocycles. The summed E-state index contributed by atoms with van der Waals surface area (Å²) in [4.78, 5) is 13.7. The highest BCUT2D eigenvalue weighted by molar-refractivity contribution is 5.80. The predicted octanol–water partition coefficient (Wildman–Crippen LogP) is 6.56. The average Bonchev–Trinajstić information content (AvgIpc) is 3.62. The molecule has 0 spiro atoms. The topological polar surface area (TPSA) is 81.4 Å². The van der Waals surface area contributed by atoms with Gasteiger partial charge in [0, 0.05) is 29.9 Å². The summed E-state index contributed by atoms with van der Waals surface area (Å²) in [5.41, 5.74) is 5.65. The smallest absolute Gasteiger partial charge is 0.299 e. The van der Waals surface area contributed by atoms with Gasteiger partial charge >= 0.3 is 5.69 Å². The first-order chi connectivity index (χ1) is 18.8. The molecule has 1 N–H and O–H groups in total. The maximum atomic E-state index is 13.7. The molecule has 2 aliphatic rings. The molecule has 0 aliphatic heterocycles. The number of nitrogens with zero attached hydrogens (tertiary/aromatic N) is 5. The van der Waals surface area contributed by atoms with Crippen molar-refractivity contribution in [1.29, 1.82) is 0 Å². The molecule has 2 fully saturated rings. The van der Waals surface area contributed by atoms with Crippen molar-refractivity contribution < 1.29 is 0 Å². The first kappa shape index (κ1) is 24.8. The van der Waals surface area contributed by atoms with Crippen LogP contribution in [0, 0.1) is 5.92 Å². The zero-order valence-corrected chi connectivity index (χ0v) is 22.2. The van der Waals surface area contributed by atoms with Crippen LogP contribution in [0.5, 0.6) is 0 Å². The van der Waals surface area contributed by atoms with E-state index < -0.39 is 0 Å². The van der Waals surface area contributed by atoms with Crippen molar-refractivity contribution in [2.45, 2.75) is 89.6 Å². The first-order valence-corrected chi connectivity index (χ1v) is 14.5. The van der Waals surface area contributed by atoms with Gasteiger partial charge in [-0.25, -0.2) is 4.79 Å². The molecule has 2 aromatic carbocycles. The second-order valence-electron chi connectivity index (χ2n) is 11.2. The maximum Gasteiger partial charge on any atom is 0.328 e. The third-order valence-electron chi connectivity index (χ3n) is 8.72. The third kappa shape index (κ3) is 5.38. The molecular weight excluding hydrogens is 472 g/mol. The summed E-state index contributed by atoms with van der Waals surface area (Å²) >= 11 is 0. The van der Waals surface area contributed by atoms with E-state index in [4.69, 9.17) is 0 Å². The van der Waals surface area contributed by atoms with Gasteiger partial charge in [-0.05, 0) is 47.1 Å². The normalized spacial score (nSPS) is 17.2. The molecule has 0 saturated heterocycles. The number of hydrogen-bond acceptors (Lipinski definition) is 4. The molecule has 0 amide bonds.